The molecule has 5 aliphatic rings. The number of nitrogens with zero attached hydrogens (tertiary/aromatic N) is 5. The molecule has 0 aliphatic carbocycles. The molecule has 8 rings (SSSR count). The Kier molecular flexibility index (Phi) is 7.54. The minimum atomic E-state index is -4.92. The first-order valence-electron chi connectivity index (χ1n) is 15.9. The number of rotatable bonds is 6. The van der Waals surface area contributed by atoms with Crippen LogP contribution in [0.25, 0.3) is 22.2 Å². The summed E-state index contributed by atoms with van der Waals surface area (Å²) in [7, 11) is 0. The molecule has 48 heavy (non-hydrogen) atoms. The van der Waals surface area contributed by atoms with Crippen molar-refractivity contribution in [1.82, 2.24) is 25.2 Å². The number of ether oxygens (including phenoxy) is 3. The van der Waals surface area contributed by atoms with Gasteiger partial charge in [-0.3, -0.25) is 4.90 Å². The van der Waals surface area contributed by atoms with Gasteiger partial charge in [0.15, 0.2) is 11.6 Å². The molecule has 5 aliphatic heterocycles. The van der Waals surface area contributed by atoms with Crippen molar-refractivity contribution in [2.24, 2.45) is 0 Å². The second-order valence-electron chi connectivity index (χ2n) is 13.3. The lowest BCUT2D eigenvalue weighted by Crippen LogP contribution is -2.60. The fourth-order valence-electron chi connectivity index (χ4n) is 8.50. The maximum absolute atomic E-state index is 16.9. The van der Waals surface area contributed by atoms with Crippen molar-refractivity contribution in [2.75, 3.05) is 43.5 Å². The zero-order valence-corrected chi connectivity index (χ0v) is 26.5. The van der Waals surface area contributed by atoms with Crippen molar-refractivity contribution in [3.8, 4) is 23.0 Å². The molecule has 5 unspecified atom stereocenters. The summed E-state index contributed by atoms with van der Waals surface area (Å²) in [4.78, 5) is 17.2. The molecule has 258 valence electrons. The van der Waals surface area contributed by atoms with E-state index in [1.165, 1.54) is 6.92 Å². The van der Waals surface area contributed by atoms with Gasteiger partial charge in [0, 0.05) is 25.2 Å². The molecule has 0 amide bonds. The maximum Gasteiger partial charge on any atom is 0.418 e. The summed E-state index contributed by atoms with van der Waals surface area (Å²) in [5, 5.41) is 3.27. The summed E-state index contributed by atoms with van der Waals surface area (Å²) in [6.07, 6.45) is -2.05. The van der Waals surface area contributed by atoms with E-state index in [0.717, 1.165) is 25.3 Å². The van der Waals surface area contributed by atoms with E-state index < -0.39 is 52.1 Å². The monoisotopic (exact) mass is 699 g/mol. The fourth-order valence-corrected chi connectivity index (χ4v) is 8.82. The number of aryl methyl sites for hydroxylation is 1. The average molecular weight is 700 g/mol. The summed E-state index contributed by atoms with van der Waals surface area (Å²) in [6.45, 7) is -0.101. The molecule has 2 aromatic heterocycles. The van der Waals surface area contributed by atoms with E-state index in [0.29, 0.717) is 32.5 Å². The highest BCUT2D eigenvalue weighted by Gasteiger charge is 2.51. The van der Waals surface area contributed by atoms with Crippen molar-refractivity contribution in [3.05, 3.63) is 28.0 Å². The van der Waals surface area contributed by atoms with E-state index in [1.54, 1.807) is 0 Å². The Morgan fingerprint density at radius 3 is 2.79 bits per heavy atom. The number of halogens is 7. The third-order valence-corrected chi connectivity index (χ3v) is 10.8. The van der Waals surface area contributed by atoms with Crippen LogP contribution in [0.4, 0.5) is 38.0 Å². The number of piperazine rings is 1. The zero-order chi connectivity index (χ0) is 33.7. The molecule has 4 fully saturated rings. The minimum Gasteiger partial charge on any atom is -0.489 e. The quantitative estimate of drug-likeness (QED) is 0.328. The standard InChI is InChI=1S/C31H32ClF6N7O3/c1-13-7-18(39)41-24(21(13)31(36,37)38)19-22(32)26-20-25(23(19)33)42-29(43-27(20)45-9-14-3-4-16(40-14)17(45)11-46-26)47-12-30-5-2-6-44(30)10-15(8-30)48-28(34)35/h7,14-17,28,40H,2-6,8-12H2,1H3,(H2,39,41). The van der Waals surface area contributed by atoms with Crippen LogP contribution in [0, 0.1) is 12.7 Å². The van der Waals surface area contributed by atoms with Gasteiger partial charge in [-0.05, 0) is 57.2 Å². The number of aromatic nitrogens is 3. The van der Waals surface area contributed by atoms with Gasteiger partial charge in [0.25, 0.3) is 0 Å². The van der Waals surface area contributed by atoms with E-state index in [2.05, 4.69) is 20.2 Å². The van der Waals surface area contributed by atoms with E-state index in [-0.39, 0.29) is 71.2 Å². The first kappa shape index (κ1) is 31.9. The van der Waals surface area contributed by atoms with Crippen LogP contribution in [-0.2, 0) is 10.9 Å². The second kappa shape index (κ2) is 11.4. The Hall–Kier alpha value is -3.34. The van der Waals surface area contributed by atoms with Gasteiger partial charge in [-0.1, -0.05) is 11.6 Å². The Bertz CT molecular complexity index is 1800. The van der Waals surface area contributed by atoms with Gasteiger partial charge >= 0.3 is 18.8 Å². The van der Waals surface area contributed by atoms with Crippen molar-refractivity contribution < 1.29 is 40.6 Å². The summed E-state index contributed by atoms with van der Waals surface area (Å²) < 4.78 is 104. The number of alkyl halides is 5. The summed E-state index contributed by atoms with van der Waals surface area (Å²) in [5.41, 5.74) is 2.02. The number of fused-ring (bicyclic) bond motifs is 6. The highest BCUT2D eigenvalue weighted by molar-refractivity contribution is 6.36. The number of pyridine rings is 1. The molecule has 7 heterocycles. The van der Waals surface area contributed by atoms with Gasteiger partial charge in [-0.15, -0.1) is 0 Å². The van der Waals surface area contributed by atoms with Crippen LogP contribution in [-0.4, -0.2) is 89.1 Å². The molecule has 0 saturated carbocycles. The molecule has 17 heteroatoms. The Morgan fingerprint density at radius 1 is 1.21 bits per heavy atom. The summed E-state index contributed by atoms with van der Waals surface area (Å²) in [6, 6.07) is 0.736. The Balaban J connectivity index is 1.29. The second-order valence-corrected chi connectivity index (χ2v) is 13.7. The zero-order valence-electron chi connectivity index (χ0n) is 25.7. The lowest BCUT2D eigenvalue weighted by Gasteiger charge is -2.40. The van der Waals surface area contributed by atoms with Gasteiger partial charge in [0.1, 0.15) is 30.4 Å². The highest BCUT2D eigenvalue weighted by Crippen LogP contribution is 2.51. The summed E-state index contributed by atoms with van der Waals surface area (Å²) >= 11 is 6.80. The number of hydrogen-bond donors (Lipinski definition) is 2. The molecule has 3 N–H and O–H groups in total. The molecular weight excluding hydrogens is 668 g/mol. The van der Waals surface area contributed by atoms with Gasteiger partial charge in [-0.2, -0.15) is 31.9 Å². The number of anilines is 2. The van der Waals surface area contributed by atoms with E-state index in [1.807, 2.05) is 4.90 Å². The van der Waals surface area contributed by atoms with Gasteiger partial charge < -0.3 is 30.2 Å². The van der Waals surface area contributed by atoms with Crippen molar-refractivity contribution in [1.29, 1.82) is 0 Å². The summed E-state index contributed by atoms with van der Waals surface area (Å²) in [5.74, 6) is -1.19. The van der Waals surface area contributed by atoms with Gasteiger partial charge in [0.05, 0.1) is 44.9 Å². The van der Waals surface area contributed by atoms with Crippen LogP contribution in [0.15, 0.2) is 6.07 Å². The predicted molar refractivity (Wildman–Crippen MR) is 163 cm³/mol. The molecule has 1 aromatic carbocycles. The molecule has 10 nitrogen and oxygen atoms in total. The molecule has 3 aromatic rings. The minimum absolute atomic E-state index is 0.0108. The van der Waals surface area contributed by atoms with Crippen molar-refractivity contribution >= 4 is 34.1 Å². The number of nitrogen functional groups attached to an aromatic ring is 1. The highest BCUT2D eigenvalue weighted by atomic mass is 35.5. The Labute approximate surface area is 275 Å². The van der Waals surface area contributed by atoms with Gasteiger partial charge in [-0.25, -0.2) is 9.37 Å². The van der Waals surface area contributed by atoms with E-state index in [4.69, 9.17) is 36.5 Å². The first-order chi connectivity index (χ1) is 22.8. The number of nitrogens with one attached hydrogen (secondary N) is 1. The molecule has 5 atom stereocenters. The third kappa shape index (κ3) is 5.09. The lowest BCUT2D eigenvalue weighted by atomic mass is 9.94. The first-order valence-corrected chi connectivity index (χ1v) is 16.2. The Morgan fingerprint density at radius 2 is 2.02 bits per heavy atom. The number of benzene rings is 1. The average Bonchev–Trinajstić information content (AvgIpc) is 3.64. The van der Waals surface area contributed by atoms with Crippen LogP contribution in [0.5, 0.6) is 11.8 Å². The predicted octanol–water partition coefficient (Wildman–Crippen LogP) is 5.32. The smallest absolute Gasteiger partial charge is 0.418 e. The third-order valence-electron chi connectivity index (χ3n) is 10.5. The fraction of sp³-hybridized carbons (Fsp3) is 0.581. The molecule has 0 spiro atoms. The molecular formula is C31H32ClF6N7O3. The number of nitrogens with two attached hydrogens (primary N) is 1. The van der Waals surface area contributed by atoms with Crippen molar-refractivity contribution in [2.45, 2.75) is 81.6 Å². The van der Waals surface area contributed by atoms with E-state index >= 15 is 4.39 Å². The van der Waals surface area contributed by atoms with Crippen molar-refractivity contribution in [3.63, 3.8) is 0 Å². The van der Waals surface area contributed by atoms with Crippen LogP contribution < -0.4 is 25.4 Å². The van der Waals surface area contributed by atoms with Crippen LogP contribution in [0.1, 0.15) is 43.2 Å². The van der Waals surface area contributed by atoms with E-state index in [9.17, 15) is 22.0 Å². The molecule has 2 bridgehead atoms. The normalized spacial score (nSPS) is 28.1. The largest absolute Gasteiger partial charge is 0.489 e. The lowest BCUT2D eigenvalue weighted by molar-refractivity contribution is -0.159. The van der Waals surface area contributed by atoms with Crippen LogP contribution >= 0.6 is 11.6 Å². The van der Waals surface area contributed by atoms with Gasteiger partial charge in [0.2, 0.25) is 0 Å². The maximum atomic E-state index is 16.9. The number of hydrogen-bond acceptors (Lipinski definition) is 10. The SMILES string of the molecule is Cc1cc(N)nc(-c2c(Cl)c3c4c(nc(OCC56CCCN5CC(OC(F)F)C6)nc4c2F)N2CC4CCC(N4)C2CO3)c1C(F)(F)F. The molecule has 4 saturated heterocycles. The van der Waals surface area contributed by atoms with Crippen LogP contribution in [0.3, 0.4) is 0 Å². The topological polar surface area (TPSA) is 111 Å². The molecule has 0 radical (unpaired) electrons. The van der Waals surface area contributed by atoms with Crippen LogP contribution in [0.2, 0.25) is 5.02 Å².